The summed E-state index contributed by atoms with van der Waals surface area (Å²) in [7, 11) is 0. The van der Waals surface area contributed by atoms with Gasteiger partial charge in [0.25, 0.3) is 0 Å². The second-order valence-corrected chi connectivity index (χ2v) is 3.57. The smallest absolute Gasteiger partial charge is 0.269 e. The molecule has 1 aromatic rings. The van der Waals surface area contributed by atoms with Crippen LogP contribution in [0.3, 0.4) is 0 Å². The standard InChI is InChI=1S/C9H11F3N2/c1-2-6-5-14(7-3-4-7)13-8(6)9(10,11)12/h5,7H,2-4H2,1H3. The van der Waals surface area contributed by atoms with E-state index in [2.05, 4.69) is 5.10 Å². The average Bonchev–Trinajstić information content (AvgIpc) is 2.83. The zero-order chi connectivity index (χ0) is 10.3. The van der Waals surface area contributed by atoms with Crippen molar-refractivity contribution in [1.82, 2.24) is 9.78 Å². The van der Waals surface area contributed by atoms with Crippen LogP contribution in [0.2, 0.25) is 0 Å². The van der Waals surface area contributed by atoms with E-state index in [1.54, 1.807) is 6.92 Å². The van der Waals surface area contributed by atoms with Crippen LogP contribution >= 0.6 is 0 Å². The summed E-state index contributed by atoms with van der Waals surface area (Å²) in [6.07, 6.45) is -0.516. The minimum atomic E-state index is -4.31. The first-order valence-electron chi connectivity index (χ1n) is 4.67. The maximum atomic E-state index is 12.5. The lowest BCUT2D eigenvalue weighted by molar-refractivity contribution is -0.142. The molecule has 0 amide bonds. The maximum absolute atomic E-state index is 12.5. The van der Waals surface area contributed by atoms with E-state index in [0.29, 0.717) is 12.0 Å². The Morgan fingerprint density at radius 1 is 1.50 bits per heavy atom. The highest BCUT2D eigenvalue weighted by atomic mass is 19.4. The number of hydrogen-bond acceptors (Lipinski definition) is 1. The number of halogens is 3. The Balaban J connectivity index is 2.37. The first-order chi connectivity index (χ1) is 6.52. The molecule has 1 heterocycles. The van der Waals surface area contributed by atoms with Gasteiger partial charge in [-0.2, -0.15) is 18.3 Å². The van der Waals surface area contributed by atoms with E-state index < -0.39 is 11.9 Å². The van der Waals surface area contributed by atoms with Crippen molar-refractivity contribution in [2.24, 2.45) is 0 Å². The summed E-state index contributed by atoms with van der Waals surface area (Å²) in [5.41, 5.74) is -0.420. The van der Waals surface area contributed by atoms with Gasteiger partial charge in [-0.3, -0.25) is 4.68 Å². The van der Waals surface area contributed by atoms with E-state index in [4.69, 9.17) is 0 Å². The Bertz CT molecular complexity index is 336. The largest absolute Gasteiger partial charge is 0.435 e. The van der Waals surface area contributed by atoms with Crippen LogP contribution in [0.1, 0.15) is 37.1 Å². The second-order valence-electron chi connectivity index (χ2n) is 3.57. The molecule has 78 valence electrons. The zero-order valence-corrected chi connectivity index (χ0v) is 7.80. The van der Waals surface area contributed by atoms with Gasteiger partial charge in [-0.05, 0) is 19.3 Å². The third-order valence-electron chi connectivity index (χ3n) is 2.38. The molecule has 0 atom stereocenters. The Morgan fingerprint density at radius 3 is 2.50 bits per heavy atom. The van der Waals surface area contributed by atoms with E-state index in [-0.39, 0.29) is 6.04 Å². The lowest BCUT2D eigenvalue weighted by Crippen LogP contribution is -2.09. The Hall–Kier alpha value is -1.00. The highest BCUT2D eigenvalue weighted by molar-refractivity contribution is 5.20. The van der Waals surface area contributed by atoms with Crippen molar-refractivity contribution >= 4 is 0 Å². The molecule has 0 N–H and O–H groups in total. The van der Waals surface area contributed by atoms with Crippen molar-refractivity contribution in [2.75, 3.05) is 0 Å². The van der Waals surface area contributed by atoms with Crippen LogP contribution < -0.4 is 0 Å². The van der Waals surface area contributed by atoms with E-state index >= 15 is 0 Å². The van der Waals surface area contributed by atoms with Crippen molar-refractivity contribution < 1.29 is 13.2 Å². The molecule has 0 unspecified atom stereocenters. The Kier molecular flexibility index (Phi) is 2.05. The van der Waals surface area contributed by atoms with Gasteiger partial charge in [0, 0.05) is 11.8 Å². The summed E-state index contributed by atoms with van der Waals surface area (Å²) in [6, 6.07) is 0.205. The second kappa shape index (κ2) is 3.00. The van der Waals surface area contributed by atoms with Gasteiger partial charge >= 0.3 is 6.18 Å². The quantitative estimate of drug-likeness (QED) is 0.724. The van der Waals surface area contributed by atoms with Crippen molar-refractivity contribution in [2.45, 2.75) is 38.4 Å². The summed E-state index contributed by atoms with van der Waals surface area (Å²) < 4.78 is 38.8. The molecule has 1 aliphatic rings. The van der Waals surface area contributed by atoms with Crippen LogP contribution in [0, 0.1) is 0 Å². The molecule has 1 aliphatic carbocycles. The molecule has 0 saturated heterocycles. The van der Waals surface area contributed by atoms with Crippen molar-refractivity contribution in [3.63, 3.8) is 0 Å². The highest BCUT2D eigenvalue weighted by Gasteiger charge is 2.38. The molecule has 0 aromatic carbocycles. The molecule has 1 aromatic heterocycles. The van der Waals surface area contributed by atoms with Gasteiger partial charge in [0.05, 0.1) is 6.04 Å². The van der Waals surface area contributed by atoms with Crippen molar-refractivity contribution in [3.05, 3.63) is 17.5 Å². The third kappa shape index (κ3) is 1.63. The van der Waals surface area contributed by atoms with Gasteiger partial charge in [0.2, 0.25) is 0 Å². The van der Waals surface area contributed by atoms with E-state index in [9.17, 15) is 13.2 Å². The Labute approximate surface area is 79.7 Å². The number of nitrogens with zero attached hydrogens (tertiary/aromatic N) is 2. The molecule has 5 heteroatoms. The molecule has 14 heavy (non-hydrogen) atoms. The molecule has 0 spiro atoms. The van der Waals surface area contributed by atoms with Crippen LogP contribution in [0.5, 0.6) is 0 Å². The molecule has 2 nitrogen and oxygen atoms in total. The summed E-state index contributed by atoms with van der Waals surface area (Å²) in [5, 5.41) is 3.61. The summed E-state index contributed by atoms with van der Waals surface area (Å²) in [6.45, 7) is 1.71. The summed E-state index contributed by atoms with van der Waals surface area (Å²) >= 11 is 0. The lowest BCUT2D eigenvalue weighted by atomic mass is 10.2. The molecule has 0 radical (unpaired) electrons. The SMILES string of the molecule is CCc1cn(C2CC2)nc1C(F)(F)F. The number of alkyl halides is 3. The third-order valence-corrected chi connectivity index (χ3v) is 2.38. The Morgan fingerprint density at radius 2 is 2.14 bits per heavy atom. The number of rotatable bonds is 2. The fraction of sp³-hybridized carbons (Fsp3) is 0.667. The van der Waals surface area contributed by atoms with Crippen LogP contribution in [0.25, 0.3) is 0 Å². The van der Waals surface area contributed by atoms with Crippen LogP contribution in [0.15, 0.2) is 6.20 Å². The molecular weight excluding hydrogens is 193 g/mol. The zero-order valence-electron chi connectivity index (χ0n) is 7.80. The highest BCUT2D eigenvalue weighted by Crippen LogP contribution is 2.37. The molecule has 2 rings (SSSR count). The van der Waals surface area contributed by atoms with Gasteiger partial charge in [-0.15, -0.1) is 0 Å². The first-order valence-corrected chi connectivity index (χ1v) is 4.67. The van der Waals surface area contributed by atoms with Crippen molar-refractivity contribution in [1.29, 1.82) is 0 Å². The van der Waals surface area contributed by atoms with Gasteiger partial charge in [-0.25, -0.2) is 0 Å². The summed E-state index contributed by atoms with van der Waals surface area (Å²) in [5.74, 6) is 0. The van der Waals surface area contributed by atoms with Crippen molar-refractivity contribution in [3.8, 4) is 0 Å². The van der Waals surface area contributed by atoms with Crippen LogP contribution in [0.4, 0.5) is 13.2 Å². The summed E-state index contributed by atoms with van der Waals surface area (Å²) in [4.78, 5) is 0. The predicted molar refractivity (Wildman–Crippen MR) is 44.9 cm³/mol. The first kappa shape index (κ1) is 9.55. The normalized spacial score (nSPS) is 17.4. The number of hydrogen-bond donors (Lipinski definition) is 0. The average molecular weight is 204 g/mol. The molecule has 1 saturated carbocycles. The monoisotopic (exact) mass is 204 g/mol. The predicted octanol–water partition coefficient (Wildman–Crippen LogP) is 2.80. The lowest BCUT2D eigenvalue weighted by Gasteiger charge is -2.03. The minimum Gasteiger partial charge on any atom is -0.269 e. The van der Waals surface area contributed by atoms with Crippen LogP contribution in [-0.2, 0) is 12.6 Å². The molecule has 0 aliphatic heterocycles. The van der Waals surface area contributed by atoms with Gasteiger partial charge < -0.3 is 0 Å². The van der Waals surface area contributed by atoms with Crippen LogP contribution in [-0.4, -0.2) is 9.78 Å². The van der Waals surface area contributed by atoms with Gasteiger partial charge in [-0.1, -0.05) is 6.92 Å². The topological polar surface area (TPSA) is 17.8 Å². The minimum absolute atomic E-state index is 0.205. The van der Waals surface area contributed by atoms with E-state index in [1.807, 2.05) is 0 Å². The number of aromatic nitrogens is 2. The fourth-order valence-electron chi connectivity index (χ4n) is 1.45. The molecular formula is C9H11F3N2. The molecule has 0 bridgehead atoms. The van der Waals surface area contributed by atoms with E-state index in [1.165, 1.54) is 10.9 Å². The fourth-order valence-corrected chi connectivity index (χ4v) is 1.45. The molecule has 1 fully saturated rings. The van der Waals surface area contributed by atoms with Gasteiger partial charge in [0.1, 0.15) is 0 Å². The maximum Gasteiger partial charge on any atom is 0.435 e. The number of aryl methyl sites for hydroxylation is 1. The van der Waals surface area contributed by atoms with E-state index in [0.717, 1.165) is 12.8 Å². The van der Waals surface area contributed by atoms with Gasteiger partial charge in [0.15, 0.2) is 5.69 Å².